The Hall–Kier alpha value is -3.27. The molecule has 2 heterocycles. The van der Waals surface area contributed by atoms with Crippen molar-refractivity contribution in [3.63, 3.8) is 0 Å². The summed E-state index contributed by atoms with van der Waals surface area (Å²) in [7, 11) is 1.37. The van der Waals surface area contributed by atoms with Crippen molar-refractivity contribution in [2.75, 3.05) is 19.0 Å². The van der Waals surface area contributed by atoms with Crippen LogP contribution in [0.4, 0.5) is 17.2 Å². The number of thiophene rings is 1. The van der Waals surface area contributed by atoms with Crippen molar-refractivity contribution in [1.29, 1.82) is 0 Å². The van der Waals surface area contributed by atoms with E-state index >= 15 is 0 Å². The minimum absolute atomic E-state index is 0.162. The first kappa shape index (κ1) is 20.5. The number of esters is 1. The average molecular weight is 416 g/mol. The molecular formula is C19H20N4O5S. The fraction of sp³-hybridized carbons (Fsp3) is 0.316. The molecule has 0 unspecified atom stereocenters. The van der Waals surface area contributed by atoms with Crippen LogP contribution in [0.25, 0.3) is 10.2 Å². The molecule has 152 valence electrons. The average Bonchev–Trinajstić information content (AvgIpc) is 3.03. The van der Waals surface area contributed by atoms with Crippen molar-refractivity contribution in [2.24, 2.45) is 5.92 Å². The summed E-state index contributed by atoms with van der Waals surface area (Å²) in [5.41, 5.74) is 1.000. The van der Waals surface area contributed by atoms with Gasteiger partial charge in [-0.15, -0.1) is 11.3 Å². The first-order chi connectivity index (χ1) is 13.8. The van der Waals surface area contributed by atoms with Gasteiger partial charge in [-0.3, -0.25) is 10.1 Å². The molecule has 1 aromatic carbocycles. The van der Waals surface area contributed by atoms with Gasteiger partial charge in [-0.2, -0.15) is 0 Å². The summed E-state index contributed by atoms with van der Waals surface area (Å²) >= 11 is 1.23. The number of fused-ring (bicyclic) bond motifs is 1. The van der Waals surface area contributed by atoms with E-state index < -0.39 is 10.9 Å². The van der Waals surface area contributed by atoms with Gasteiger partial charge in [-0.1, -0.05) is 13.8 Å². The standard InChI is InChI=1S/C19H20N4O5S/c1-10(2)8-28-19(24)16-11(3)15-17(20-9-21-18(15)29-16)22-12-5-6-14(27-4)13(7-12)23(25)26/h5-7,9-10H,8H2,1-4H3,(H,20,21,22). The largest absolute Gasteiger partial charge is 0.490 e. The van der Waals surface area contributed by atoms with Crippen molar-refractivity contribution in [3.05, 3.63) is 45.1 Å². The number of carbonyl (C=O) groups is 1. The van der Waals surface area contributed by atoms with Gasteiger partial charge in [-0.25, -0.2) is 14.8 Å². The number of rotatable bonds is 7. The van der Waals surface area contributed by atoms with Crippen molar-refractivity contribution in [3.8, 4) is 5.75 Å². The summed E-state index contributed by atoms with van der Waals surface area (Å²) in [6, 6.07) is 4.53. The van der Waals surface area contributed by atoms with Crippen LogP contribution in [0.3, 0.4) is 0 Å². The Labute approximate surface area is 170 Å². The third-order valence-corrected chi connectivity index (χ3v) is 5.28. The smallest absolute Gasteiger partial charge is 0.348 e. The summed E-state index contributed by atoms with van der Waals surface area (Å²) in [6.07, 6.45) is 1.38. The van der Waals surface area contributed by atoms with Crippen molar-refractivity contribution in [2.45, 2.75) is 20.8 Å². The van der Waals surface area contributed by atoms with E-state index in [4.69, 9.17) is 9.47 Å². The van der Waals surface area contributed by atoms with E-state index in [1.54, 1.807) is 13.0 Å². The highest BCUT2D eigenvalue weighted by Gasteiger charge is 2.21. The molecule has 0 amide bonds. The molecule has 2 aromatic heterocycles. The summed E-state index contributed by atoms with van der Waals surface area (Å²) < 4.78 is 10.4. The molecule has 3 rings (SSSR count). The van der Waals surface area contributed by atoms with Crippen LogP contribution in [0.2, 0.25) is 0 Å². The van der Waals surface area contributed by atoms with Crippen LogP contribution in [0.1, 0.15) is 29.1 Å². The van der Waals surface area contributed by atoms with Gasteiger partial charge >= 0.3 is 11.7 Å². The SMILES string of the molecule is COc1ccc(Nc2ncnc3sc(C(=O)OCC(C)C)c(C)c23)cc1[N+](=O)[O-]. The zero-order valence-corrected chi connectivity index (χ0v) is 17.2. The molecule has 0 saturated heterocycles. The van der Waals surface area contributed by atoms with Gasteiger partial charge in [0.25, 0.3) is 0 Å². The second-order valence-corrected chi connectivity index (χ2v) is 7.72. The highest BCUT2D eigenvalue weighted by atomic mass is 32.1. The summed E-state index contributed by atoms with van der Waals surface area (Å²) in [4.78, 5) is 32.8. The molecule has 9 nitrogen and oxygen atoms in total. The minimum Gasteiger partial charge on any atom is -0.490 e. The van der Waals surface area contributed by atoms with Crippen LogP contribution in [-0.2, 0) is 4.74 Å². The summed E-state index contributed by atoms with van der Waals surface area (Å²) in [6.45, 7) is 6.06. The molecule has 0 radical (unpaired) electrons. The molecule has 0 aliphatic heterocycles. The highest BCUT2D eigenvalue weighted by Crippen LogP contribution is 2.36. The van der Waals surface area contributed by atoms with E-state index in [0.717, 1.165) is 0 Å². The van der Waals surface area contributed by atoms with E-state index in [9.17, 15) is 14.9 Å². The van der Waals surface area contributed by atoms with E-state index in [1.807, 2.05) is 13.8 Å². The van der Waals surface area contributed by atoms with E-state index in [-0.39, 0.29) is 17.4 Å². The Morgan fingerprint density at radius 3 is 2.76 bits per heavy atom. The number of methoxy groups -OCH3 is 1. The van der Waals surface area contributed by atoms with Crippen LogP contribution in [0, 0.1) is 23.0 Å². The zero-order valence-electron chi connectivity index (χ0n) is 16.4. The van der Waals surface area contributed by atoms with Crippen LogP contribution in [0.5, 0.6) is 5.75 Å². The molecule has 29 heavy (non-hydrogen) atoms. The maximum atomic E-state index is 12.4. The predicted molar refractivity (Wildman–Crippen MR) is 110 cm³/mol. The number of ether oxygens (including phenoxy) is 2. The molecule has 10 heteroatoms. The molecule has 3 aromatic rings. The number of anilines is 2. The zero-order chi connectivity index (χ0) is 21.1. The van der Waals surface area contributed by atoms with Crippen molar-refractivity contribution in [1.82, 2.24) is 9.97 Å². The van der Waals surface area contributed by atoms with Gasteiger partial charge in [0.15, 0.2) is 5.75 Å². The predicted octanol–water partition coefficient (Wildman–Crippen LogP) is 4.47. The molecule has 0 saturated carbocycles. The van der Waals surface area contributed by atoms with Gasteiger partial charge in [0, 0.05) is 11.8 Å². The Kier molecular flexibility index (Phi) is 5.92. The molecule has 0 fully saturated rings. The van der Waals surface area contributed by atoms with E-state index in [0.29, 0.717) is 38.8 Å². The van der Waals surface area contributed by atoms with Crippen LogP contribution in [0.15, 0.2) is 24.5 Å². The molecule has 0 aliphatic rings. The van der Waals surface area contributed by atoms with Gasteiger partial charge in [0.1, 0.15) is 21.9 Å². The third kappa shape index (κ3) is 4.27. The maximum Gasteiger partial charge on any atom is 0.348 e. The summed E-state index contributed by atoms with van der Waals surface area (Å²) in [5, 5.41) is 15.0. The second kappa shape index (κ2) is 8.39. The van der Waals surface area contributed by atoms with Crippen molar-refractivity contribution >= 4 is 44.7 Å². The lowest BCUT2D eigenvalue weighted by atomic mass is 10.2. The van der Waals surface area contributed by atoms with E-state index in [1.165, 1.54) is 36.9 Å². The number of nitro groups is 1. The second-order valence-electron chi connectivity index (χ2n) is 6.72. The number of carbonyl (C=O) groups excluding carboxylic acids is 1. The van der Waals surface area contributed by atoms with Crippen LogP contribution < -0.4 is 10.1 Å². The fourth-order valence-corrected chi connectivity index (χ4v) is 3.76. The quantitative estimate of drug-likeness (QED) is 0.340. The number of nitro benzene ring substituents is 1. The molecular weight excluding hydrogens is 396 g/mol. The third-order valence-electron chi connectivity index (χ3n) is 4.10. The molecule has 1 N–H and O–H groups in total. The lowest BCUT2D eigenvalue weighted by molar-refractivity contribution is -0.385. The molecule has 0 atom stereocenters. The Morgan fingerprint density at radius 1 is 1.34 bits per heavy atom. The number of nitrogens with one attached hydrogen (secondary N) is 1. The maximum absolute atomic E-state index is 12.4. The van der Waals surface area contributed by atoms with Crippen LogP contribution in [-0.4, -0.2) is 34.6 Å². The van der Waals surface area contributed by atoms with Crippen molar-refractivity contribution < 1.29 is 19.2 Å². The fourth-order valence-electron chi connectivity index (χ4n) is 2.72. The monoisotopic (exact) mass is 416 g/mol. The lowest BCUT2D eigenvalue weighted by Crippen LogP contribution is -2.09. The topological polar surface area (TPSA) is 116 Å². The lowest BCUT2D eigenvalue weighted by Gasteiger charge is -2.09. The number of aromatic nitrogens is 2. The number of hydrogen-bond donors (Lipinski definition) is 1. The molecule has 0 spiro atoms. The normalized spacial score (nSPS) is 10.9. The van der Waals surface area contributed by atoms with Gasteiger partial charge in [0.2, 0.25) is 0 Å². The number of aryl methyl sites for hydroxylation is 1. The van der Waals surface area contributed by atoms with E-state index in [2.05, 4.69) is 15.3 Å². The first-order valence-electron chi connectivity index (χ1n) is 8.82. The molecule has 0 aliphatic carbocycles. The summed E-state index contributed by atoms with van der Waals surface area (Å²) in [5.74, 6) is 0.447. The first-order valence-corrected chi connectivity index (χ1v) is 9.64. The number of hydrogen-bond acceptors (Lipinski definition) is 9. The van der Waals surface area contributed by atoms with Gasteiger partial charge in [-0.05, 0) is 30.5 Å². The highest BCUT2D eigenvalue weighted by molar-refractivity contribution is 7.20. The minimum atomic E-state index is -0.516. The Bertz CT molecular complexity index is 1080. The van der Waals surface area contributed by atoms with Gasteiger partial charge in [0.05, 0.1) is 24.0 Å². The Morgan fingerprint density at radius 2 is 2.10 bits per heavy atom. The number of nitrogens with zero attached hydrogens (tertiary/aromatic N) is 3. The van der Waals surface area contributed by atoms with Gasteiger partial charge < -0.3 is 14.8 Å². The van der Waals surface area contributed by atoms with Crippen LogP contribution >= 0.6 is 11.3 Å². The number of benzene rings is 1. The molecule has 0 bridgehead atoms. The Balaban J connectivity index is 1.98.